The van der Waals surface area contributed by atoms with Gasteiger partial charge in [-0.1, -0.05) is 18.2 Å². The number of fused-ring (bicyclic) bond motifs is 1. The number of aromatic nitrogens is 3. The van der Waals surface area contributed by atoms with Crippen molar-refractivity contribution < 1.29 is 4.79 Å². The Labute approximate surface area is 148 Å². The molecule has 0 saturated carbocycles. The first-order valence-corrected chi connectivity index (χ1v) is 8.62. The van der Waals surface area contributed by atoms with Gasteiger partial charge in [-0.15, -0.1) is 11.3 Å². The summed E-state index contributed by atoms with van der Waals surface area (Å²) >= 11 is 1.41. The number of nitrogens with zero attached hydrogens (tertiary/aromatic N) is 3. The third-order valence-electron chi connectivity index (χ3n) is 3.76. The number of pyridine rings is 2. The third-order valence-corrected chi connectivity index (χ3v) is 4.64. The number of carbonyl (C=O) groups excluding carboxylic acids is 1. The summed E-state index contributed by atoms with van der Waals surface area (Å²) in [6.45, 7) is 1.89. The minimum absolute atomic E-state index is 0.212. The van der Waals surface area contributed by atoms with E-state index in [9.17, 15) is 4.79 Å². The van der Waals surface area contributed by atoms with Crippen LogP contribution >= 0.6 is 11.3 Å². The average Bonchev–Trinajstić information content (AvgIpc) is 3.06. The van der Waals surface area contributed by atoms with E-state index in [1.807, 2.05) is 48.7 Å². The standard InChI is InChI=1S/C19H14N4OS/c1-12-11-25-19(21-12)23-18(24)15-6-2-4-13-7-8-16(22-17(13)15)14-5-3-9-20-10-14/h2-11H,1H3,(H,21,23,24). The second-order valence-corrected chi connectivity index (χ2v) is 6.42. The molecule has 0 spiro atoms. The normalized spacial score (nSPS) is 10.8. The fraction of sp³-hybridized carbons (Fsp3) is 0.0526. The van der Waals surface area contributed by atoms with E-state index in [0.717, 1.165) is 22.3 Å². The fourth-order valence-electron chi connectivity index (χ4n) is 2.58. The van der Waals surface area contributed by atoms with E-state index in [4.69, 9.17) is 4.98 Å². The minimum Gasteiger partial charge on any atom is -0.298 e. The lowest BCUT2D eigenvalue weighted by Gasteiger charge is -2.08. The Kier molecular flexibility index (Phi) is 3.95. The van der Waals surface area contributed by atoms with Crippen molar-refractivity contribution in [1.29, 1.82) is 0 Å². The van der Waals surface area contributed by atoms with Gasteiger partial charge < -0.3 is 0 Å². The number of aryl methyl sites for hydroxylation is 1. The molecular formula is C19H14N4OS. The van der Waals surface area contributed by atoms with Crippen molar-refractivity contribution in [2.45, 2.75) is 6.92 Å². The molecule has 0 atom stereocenters. The fourth-order valence-corrected chi connectivity index (χ4v) is 3.26. The predicted molar refractivity (Wildman–Crippen MR) is 99.8 cm³/mol. The molecule has 0 radical (unpaired) electrons. The lowest BCUT2D eigenvalue weighted by Crippen LogP contribution is -2.12. The van der Waals surface area contributed by atoms with Gasteiger partial charge in [-0.05, 0) is 31.2 Å². The lowest BCUT2D eigenvalue weighted by atomic mass is 10.1. The van der Waals surface area contributed by atoms with Crippen LogP contribution < -0.4 is 5.32 Å². The van der Waals surface area contributed by atoms with Crippen LogP contribution in [0.4, 0.5) is 5.13 Å². The zero-order chi connectivity index (χ0) is 17.2. The molecule has 0 aliphatic heterocycles. The summed E-state index contributed by atoms with van der Waals surface area (Å²) in [5, 5.41) is 6.25. The molecule has 122 valence electrons. The number of carbonyl (C=O) groups is 1. The highest BCUT2D eigenvalue weighted by molar-refractivity contribution is 7.13. The van der Waals surface area contributed by atoms with Crippen LogP contribution in [0.15, 0.2) is 60.2 Å². The molecule has 0 fully saturated rings. The highest BCUT2D eigenvalue weighted by atomic mass is 32.1. The molecule has 3 aromatic heterocycles. The molecule has 3 heterocycles. The number of thiazole rings is 1. The van der Waals surface area contributed by atoms with Crippen LogP contribution in [0.25, 0.3) is 22.2 Å². The quantitative estimate of drug-likeness (QED) is 0.600. The second-order valence-electron chi connectivity index (χ2n) is 5.56. The average molecular weight is 346 g/mol. The van der Waals surface area contributed by atoms with Gasteiger partial charge >= 0.3 is 0 Å². The Hall–Kier alpha value is -3.12. The highest BCUT2D eigenvalue weighted by Gasteiger charge is 2.14. The molecule has 1 N–H and O–H groups in total. The molecule has 1 aromatic carbocycles. The summed E-state index contributed by atoms with van der Waals surface area (Å²) < 4.78 is 0. The van der Waals surface area contributed by atoms with Crippen molar-refractivity contribution in [3.63, 3.8) is 0 Å². The van der Waals surface area contributed by atoms with Crippen molar-refractivity contribution in [2.24, 2.45) is 0 Å². The molecular weight excluding hydrogens is 332 g/mol. The van der Waals surface area contributed by atoms with E-state index in [1.165, 1.54) is 11.3 Å². The van der Waals surface area contributed by atoms with Crippen molar-refractivity contribution in [3.8, 4) is 11.3 Å². The van der Waals surface area contributed by atoms with E-state index in [-0.39, 0.29) is 5.91 Å². The maximum atomic E-state index is 12.7. The summed E-state index contributed by atoms with van der Waals surface area (Å²) in [5.74, 6) is -0.212. The first-order chi connectivity index (χ1) is 12.2. The van der Waals surface area contributed by atoms with Crippen molar-refractivity contribution in [1.82, 2.24) is 15.0 Å². The Balaban J connectivity index is 1.76. The van der Waals surface area contributed by atoms with Gasteiger partial charge in [0.2, 0.25) is 0 Å². The third kappa shape index (κ3) is 3.12. The molecule has 4 aromatic rings. The lowest BCUT2D eigenvalue weighted by molar-refractivity contribution is 0.102. The van der Waals surface area contributed by atoms with Crippen LogP contribution in [-0.2, 0) is 0 Å². The van der Waals surface area contributed by atoms with Crippen LogP contribution in [0.2, 0.25) is 0 Å². The summed E-state index contributed by atoms with van der Waals surface area (Å²) in [4.78, 5) is 25.8. The Morgan fingerprint density at radius 1 is 1.08 bits per heavy atom. The van der Waals surface area contributed by atoms with Gasteiger partial charge in [0.25, 0.3) is 5.91 Å². The number of amides is 1. The molecule has 0 unspecified atom stereocenters. The smallest absolute Gasteiger partial charge is 0.259 e. The van der Waals surface area contributed by atoms with Crippen LogP contribution in [-0.4, -0.2) is 20.9 Å². The van der Waals surface area contributed by atoms with Gasteiger partial charge in [-0.2, -0.15) is 0 Å². The Bertz CT molecular complexity index is 1060. The number of hydrogen-bond acceptors (Lipinski definition) is 5. The molecule has 1 amide bonds. The van der Waals surface area contributed by atoms with Gasteiger partial charge in [0.05, 0.1) is 22.5 Å². The first-order valence-electron chi connectivity index (χ1n) is 7.74. The maximum Gasteiger partial charge on any atom is 0.259 e. The van der Waals surface area contributed by atoms with Gasteiger partial charge in [-0.3, -0.25) is 15.1 Å². The van der Waals surface area contributed by atoms with E-state index in [1.54, 1.807) is 18.5 Å². The summed E-state index contributed by atoms with van der Waals surface area (Å²) in [6.07, 6.45) is 3.48. The topological polar surface area (TPSA) is 67.8 Å². The number of benzene rings is 1. The zero-order valence-electron chi connectivity index (χ0n) is 13.4. The van der Waals surface area contributed by atoms with Gasteiger partial charge in [0.1, 0.15) is 0 Å². The Morgan fingerprint density at radius 3 is 2.76 bits per heavy atom. The maximum absolute atomic E-state index is 12.7. The van der Waals surface area contributed by atoms with Crippen LogP contribution in [0, 0.1) is 6.92 Å². The number of anilines is 1. The van der Waals surface area contributed by atoms with E-state index in [2.05, 4.69) is 15.3 Å². The second kappa shape index (κ2) is 6.41. The molecule has 0 aliphatic carbocycles. The monoisotopic (exact) mass is 346 g/mol. The largest absolute Gasteiger partial charge is 0.298 e. The highest BCUT2D eigenvalue weighted by Crippen LogP contribution is 2.24. The molecule has 5 nitrogen and oxygen atoms in total. The van der Waals surface area contributed by atoms with Crippen molar-refractivity contribution in [3.05, 3.63) is 71.5 Å². The molecule has 25 heavy (non-hydrogen) atoms. The summed E-state index contributed by atoms with van der Waals surface area (Å²) in [7, 11) is 0. The van der Waals surface area contributed by atoms with Crippen LogP contribution in [0.3, 0.4) is 0 Å². The van der Waals surface area contributed by atoms with E-state index >= 15 is 0 Å². The summed E-state index contributed by atoms with van der Waals surface area (Å²) in [6, 6.07) is 13.3. The molecule has 4 rings (SSSR count). The Morgan fingerprint density at radius 2 is 2.00 bits per heavy atom. The molecule has 0 saturated heterocycles. The number of para-hydroxylation sites is 1. The summed E-state index contributed by atoms with van der Waals surface area (Å²) in [5.41, 5.74) is 3.77. The van der Waals surface area contributed by atoms with Gasteiger partial charge in [-0.25, -0.2) is 9.97 Å². The number of nitrogens with one attached hydrogen (secondary N) is 1. The van der Waals surface area contributed by atoms with E-state index in [0.29, 0.717) is 16.2 Å². The van der Waals surface area contributed by atoms with Crippen molar-refractivity contribution in [2.75, 3.05) is 5.32 Å². The number of hydrogen-bond donors (Lipinski definition) is 1. The minimum atomic E-state index is -0.212. The van der Waals surface area contributed by atoms with Gasteiger partial charge in [0.15, 0.2) is 5.13 Å². The van der Waals surface area contributed by atoms with Crippen LogP contribution in [0.5, 0.6) is 0 Å². The van der Waals surface area contributed by atoms with Crippen LogP contribution in [0.1, 0.15) is 16.1 Å². The van der Waals surface area contributed by atoms with E-state index < -0.39 is 0 Å². The van der Waals surface area contributed by atoms with Gasteiger partial charge in [0, 0.05) is 28.7 Å². The first kappa shape index (κ1) is 15.4. The zero-order valence-corrected chi connectivity index (χ0v) is 14.2. The number of rotatable bonds is 3. The molecule has 0 aliphatic rings. The predicted octanol–water partition coefficient (Wildman–Crippen LogP) is 4.31. The molecule has 0 bridgehead atoms. The molecule has 6 heteroatoms. The SMILES string of the molecule is Cc1csc(NC(=O)c2cccc3ccc(-c4cccnc4)nc23)n1. The van der Waals surface area contributed by atoms with Crippen molar-refractivity contribution >= 4 is 33.3 Å².